The van der Waals surface area contributed by atoms with Gasteiger partial charge in [0, 0.05) is 11.8 Å². The molecule has 2 aromatic rings. The van der Waals surface area contributed by atoms with Gasteiger partial charge in [-0.1, -0.05) is 6.07 Å². The first kappa shape index (κ1) is 17.4. The summed E-state index contributed by atoms with van der Waals surface area (Å²) in [5.41, 5.74) is -1.42. The Morgan fingerprint density at radius 1 is 1.17 bits per heavy atom. The molecule has 0 radical (unpaired) electrons. The zero-order valence-electron chi connectivity index (χ0n) is 12.0. The highest BCUT2D eigenvalue weighted by molar-refractivity contribution is 5.88. The minimum Gasteiger partial charge on any atom is -0.496 e. The number of alkyl halides is 6. The van der Waals surface area contributed by atoms with Gasteiger partial charge >= 0.3 is 6.18 Å². The molecule has 0 aliphatic carbocycles. The van der Waals surface area contributed by atoms with E-state index in [9.17, 15) is 26.3 Å². The summed E-state index contributed by atoms with van der Waals surface area (Å²) in [4.78, 5) is 3.49. The van der Waals surface area contributed by atoms with Crippen LogP contribution in [0.4, 0.5) is 26.3 Å². The Morgan fingerprint density at radius 2 is 1.87 bits per heavy atom. The number of pyridine rings is 1. The Labute approximate surface area is 128 Å². The van der Waals surface area contributed by atoms with Crippen LogP contribution in [0.2, 0.25) is 0 Å². The lowest BCUT2D eigenvalue weighted by Gasteiger charge is -2.16. The number of rotatable bonds is 5. The second-order valence-corrected chi connectivity index (χ2v) is 4.91. The van der Waals surface area contributed by atoms with E-state index in [4.69, 9.17) is 4.74 Å². The Morgan fingerprint density at radius 3 is 2.43 bits per heavy atom. The Balaban J connectivity index is 2.62. The number of aromatic nitrogens is 1. The molecule has 1 aromatic heterocycles. The molecule has 126 valence electrons. The maximum Gasteiger partial charge on any atom is 0.433 e. The van der Waals surface area contributed by atoms with E-state index in [0.717, 1.165) is 0 Å². The number of benzene rings is 1. The third-order valence-corrected chi connectivity index (χ3v) is 3.34. The molecule has 2 nitrogen and oxygen atoms in total. The van der Waals surface area contributed by atoms with Crippen LogP contribution in [0.25, 0.3) is 10.9 Å². The fourth-order valence-electron chi connectivity index (χ4n) is 2.25. The van der Waals surface area contributed by atoms with Gasteiger partial charge in [-0.05, 0) is 23.8 Å². The number of nitrogens with zero attached hydrogens (tertiary/aromatic N) is 1. The third-order valence-electron chi connectivity index (χ3n) is 3.34. The molecule has 1 heterocycles. The van der Waals surface area contributed by atoms with E-state index < -0.39 is 37.3 Å². The molecular formula is C15H13F6NO. The molecule has 0 fully saturated rings. The van der Waals surface area contributed by atoms with Crippen molar-refractivity contribution in [2.24, 2.45) is 0 Å². The van der Waals surface area contributed by atoms with Crippen molar-refractivity contribution in [1.29, 1.82) is 0 Å². The molecule has 0 amide bonds. The number of ether oxygens (including phenoxy) is 1. The number of methoxy groups -OCH3 is 1. The highest BCUT2D eigenvalue weighted by Crippen LogP contribution is 2.35. The molecule has 2 unspecified atom stereocenters. The van der Waals surface area contributed by atoms with Gasteiger partial charge < -0.3 is 4.74 Å². The number of hydrogen-bond donors (Lipinski definition) is 0. The lowest BCUT2D eigenvalue weighted by atomic mass is 10.00. The van der Waals surface area contributed by atoms with Crippen molar-refractivity contribution < 1.29 is 31.1 Å². The van der Waals surface area contributed by atoms with Crippen LogP contribution in [0.5, 0.6) is 5.75 Å². The monoisotopic (exact) mass is 337 g/mol. The molecule has 0 spiro atoms. The fraction of sp³-hybridized carbons (Fsp3) is 0.400. The van der Waals surface area contributed by atoms with Gasteiger partial charge in [-0.15, -0.1) is 0 Å². The molecule has 0 saturated carbocycles. The SMILES string of the molecule is COc1cccc2nc(C(F)(F)F)cc(CC(F)C(F)CF)c12. The summed E-state index contributed by atoms with van der Waals surface area (Å²) in [6.45, 7) is -1.55. The van der Waals surface area contributed by atoms with Crippen molar-refractivity contribution in [3.63, 3.8) is 0 Å². The van der Waals surface area contributed by atoms with E-state index in [2.05, 4.69) is 4.98 Å². The van der Waals surface area contributed by atoms with E-state index in [-0.39, 0.29) is 22.2 Å². The number of halogens is 6. The topological polar surface area (TPSA) is 22.1 Å². The van der Waals surface area contributed by atoms with Crippen molar-refractivity contribution in [3.05, 3.63) is 35.5 Å². The van der Waals surface area contributed by atoms with Crippen molar-refractivity contribution in [2.45, 2.75) is 24.9 Å². The maximum absolute atomic E-state index is 13.7. The highest BCUT2D eigenvalue weighted by atomic mass is 19.4. The minimum atomic E-state index is -4.74. The van der Waals surface area contributed by atoms with Crippen LogP contribution >= 0.6 is 0 Å². The predicted octanol–water partition coefficient (Wildman–Crippen LogP) is 4.45. The van der Waals surface area contributed by atoms with E-state index in [0.29, 0.717) is 6.07 Å². The summed E-state index contributed by atoms with van der Waals surface area (Å²) in [5, 5.41) is 0.150. The van der Waals surface area contributed by atoms with Crippen LogP contribution in [-0.4, -0.2) is 31.1 Å². The molecule has 0 saturated heterocycles. The summed E-state index contributed by atoms with van der Waals surface area (Å²) in [6.07, 6.45) is -10.1. The predicted molar refractivity (Wildman–Crippen MR) is 72.8 cm³/mol. The van der Waals surface area contributed by atoms with Crippen LogP contribution in [0.3, 0.4) is 0 Å². The Hall–Kier alpha value is -1.99. The number of hydrogen-bond acceptors (Lipinski definition) is 2. The van der Waals surface area contributed by atoms with Crippen molar-refractivity contribution in [3.8, 4) is 5.75 Å². The molecule has 1 aromatic carbocycles. The van der Waals surface area contributed by atoms with E-state index in [1.54, 1.807) is 0 Å². The van der Waals surface area contributed by atoms with Crippen LogP contribution in [-0.2, 0) is 12.6 Å². The average Bonchev–Trinajstić information content (AvgIpc) is 2.52. The molecule has 0 bridgehead atoms. The van der Waals surface area contributed by atoms with Gasteiger partial charge in [0.05, 0.1) is 12.6 Å². The zero-order valence-corrected chi connectivity index (χ0v) is 12.0. The van der Waals surface area contributed by atoms with Gasteiger partial charge in [0.25, 0.3) is 0 Å². The molecule has 8 heteroatoms. The molecular weight excluding hydrogens is 324 g/mol. The second kappa shape index (κ2) is 6.64. The number of fused-ring (bicyclic) bond motifs is 1. The molecule has 0 aliphatic rings. The Bertz CT molecular complexity index is 687. The summed E-state index contributed by atoms with van der Waals surface area (Å²) < 4.78 is 82.9. The molecule has 0 N–H and O–H groups in total. The minimum absolute atomic E-state index is 0.0583. The quantitative estimate of drug-likeness (QED) is 0.752. The smallest absolute Gasteiger partial charge is 0.433 e. The van der Waals surface area contributed by atoms with Gasteiger partial charge in [-0.25, -0.2) is 18.2 Å². The van der Waals surface area contributed by atoms with E-state index in [1.165, 1.54) is 25.3 Å². The highest BCUT2D eigenvalue weighted by Gasteiger charge is 2.34. The van der Waals surface area contributed by atoms with E-state index in [1.807, 2.05) is 0 Å². The third kappa shape index (κ3) is 3.68. The van der Waals surface area contributed by atoms with Crippen LogP contribution in [0.15, 0.2) is 24.3 Å². The van der Waals surface area contributed by atoms with E-state index >= 15 is 0 Å². The first-order valence-corrected chi connectivity index (χ1v) is 6.65. The lowest BCUT2D eigenvalue weighted by molar-refractivity contribution is -0.141. The van der Waals surface area contributed by atoms with Crippen molar-refractivity contribution in [1.82, 2.24) is 4.98 Å². The van der Waals surface area contributed by atoms with Gasteiger partial charge in [0.1, 0.15) is 24.3 Å². The first-order chi connectivity index (χ1) is 10.8. The van der Waals surface area contributed by atoms with Crippen molar-refractivity contribution >= 4 is 10.9 Å². The van der Waals surface area contributed by atoms with Gasteiger partial charge in [-0.2, -0.15) is 13.2 Å². The van der Waals surface area contributed by atoms with Crippen LogP contribution in [0, 0.1) is 0 Å². The first-order valence-electron chi connectivity index (χ1n) is 6.65. The average molecular weight is 337 g/mol. The Kier molecular flexibility index (Phi) is 5.01. The van der Waals surface area contributed by atoms with Crippen molar-refractivity contribution in [2.75, 3.05) is 13.8 Å². The zero-order chi connectivity index (χ0) is 17.2. The van der Waals surface area contributed by atoms with Gasteiger partial charge in [0.2, 0.25) is 0 Å². The standard InChI is InChI=1S/C15H13F6NO/c1-23-12-4-2-3-11-14(12)8(5-9(17)10(18)7-16)6-13(22-11)15(19,20)21/h2-4,6,9-10H,5,7H2,1H3. The van der Waals surface area contributed by atoms with Crippen LogP contribution < -0.4 is 4.74 Å². The summed E-state index contributed by atoms with van der Waals surface area (Å²) in [5.74, 6) is 0.182. The van der Waals surface area contributed by atoms with Crippen LogP contribution in [0.1, 0.15) is 11.3 Å². The summed E-state index contributed by atoms with van der Waals surface area (Å²) in [7, 11) is 1.29. The largest absolute Gasteiger partial charge is 0.496 e. The second-order valence-electron chi connectivity index (χ2n) is 4.91. The molecule has 2 rings (SSSR count). The summed E-state index contributed by atoms with van der Waals surface area (Å²) in [6, 6.07) is 4.86. The molecule has 0 aliphatic heterocycles. The maximum atomic E-state index is 13.7. The fourth-order valence-corrected chi connectivity index (χ4v) is 2.25. The summed E-state index contributed by atoms with van der Waals surface area (Å²) >= 11 is 0. The normalized spacial score (nSPS) is 14.7. The lowest BCUT2D eigenvalue weighted by Crippen LogP contribution is -2.22. The molecule has 2 atom stereocenters. The van der Waals surface area contributed by atoms with Gasteiger partial charge in [-0.3, -0.25) is 0 Å². The molecule has 23 heavy (non-hydrogen) atoms. The van der Waals surface area contributed by atoms with Gasteiger partial charge in [0.15, 0.2) is 6.17 Å².